The number of nitrogens with one attached hydrogen (secondary N) is 1. The van der Waals surface area contributed by atoms with Gasteiger partial charge in [0.15, 0.2) is 5.82 Å². The van der Waals surface area contributed by atoms with Crippen LogP contribution >= 0.6 is 0 Å². The quantitative estimate of drug-likeness (QED) is 0.269. The fourth-order valence-corrected chi connectivity index (χ4v) is 5.62. The van der Waals surface area contributed by atoms with Gasteiger partial charge in [0.05, 0.1) is 24.4 Å². The van der Waals surface area contributed by atoms with Gasteiger partial charge in [-0.3, -0.25) is 4.99 Å². The molecule has 9 nitrogen and oxygen atoms in total. The summed E-state index contributed by atoms with van der Waals surface area (Å²) in [7, 11) is 0. The first-order chi connectivity index (χ1) is 20.5. The van der Waals surface area contributed by atoms with Crippen LogP contribution in [0, 0.1) is 24.5 Å². The summed E-state index contributed by atoms with van der Waals surface area (Å²) in [5.41, 5.74) is 0.591. The van der Waals surface area contributed by atoms with Gasteiger partial charge in [0.2, 0.25) is 5.88 Å². The highest BCUT2D eigenvalue weighted by molar-refractivity contribution is 5.96. The van der Waals surface area contributed by atoms with Crippen molar-refractivity contribution in [1.29, 1.82) is 0 Å². The van der Waals surface area contributed by atoms with Crippen LogP contribution in [0.25, 0.3) is 22.2 Å². The summed E-state index contributed by atoms with van der Waals surface area (Å²) >= 11 is 0. The molecule has 2 saturated heterocycles. The maximum Gasteiger partial charge on any atom is 0.417 e. The van der Waals surface area contributed by atoms with Crippen molar-refractivity contribution < 1.29 is 36.2 Å². The second kappa shape index (κ2) is 11.7. The standard InChI is InChI=1S/C27H27F5N6O3.C2H6/c1-12-3-4-34-5-6-35-23-17-22(37-25(38-23)39-11-26-8-14(9-26)10-40-26)20(29)21(36-24(17)41-12)15-7-16(33)19(28)13(2)18(15)27(30,31)32;1-2/h4,7,12,14H,3,5-6,8-11,33H2,1-2H3,(H,35,37,38);1-2H3. The molecule has 232 valence electrons. The number of halogens is 5. The number of nitrogens with two attached hydrogens (primary N) is 1. The summed E-state index contributed by atoms with van der Waals surface area (Å²) in [5.74, 6) is -2.06. The minimum atomic E-state index is -5.05. The molecular weight excluding hydrogens is 575 g/mol. The summed E-state index contributed by atoms with van der Waals surface area (Å²) in [6, 6.07) is 0.519. The SMILES string of the molecule is CC.Cc1c(F)c(N)cc(-c2nc3c4c(nc(OCC56CC(CO5)C6)nc4c2F)NCCN=CCC(C)O3)c1C(F)(F)F. The number of aliphatic imine (C=N–C) groups is 1. The van der Waals surface area contributed by atoms with Crippen LogP contribution in [-0.4, -0.2) is 59.2 Å². The van der Waals surface area contributed by atoms with Crippen LogP contribution < -0.4 is 20.5 Å². The van der Waals surface area contributed by atoms with Crippen molar-refractivity contribution in [3.8, 4) is 23.1 Å². The van der Waals surface area contributed by atoms with Crippen molar-refractivity contribution in [2.75, 3.05) is 37.4 Å². The zero-order chi connectivity index (χ0) is 31.1. The molecule has 3 aliphatic heterocycles. The highest BCUT2D eigenvalue weighted by atomic mass is 19.4. The molecule has 0 spiro atoms. The van der Waals surface area contributed by atoms with Crippen molar-refractivity contribution in [3.63, 3.8) is 0 Å². The molecule has 1 saturated carbocycles. The number of alkyl halides is 3. The van der Waals surface area contributed by atoms with E-state index >= 15 is 4.39 Å². The molecule has 0 radical (unpaired) electrons. The predicted octanol–water partition coefficient (Wildman–Crippen LogP) is 6.12. The van der Waals surface area contributed by atoms with E-state index in [0.717, 1.165) is 25.8 Å². The Morgan fingerprint density at radius 3 is 2.56 bits per heavy atom. The molecule has 5 heterocycles. The third-order valence-corrected chi connectivity index (χ3v) is 7.62. The molecule has 1 unspecified atom stereocenters. The number of anilines is 2. The molecule has 1 aliphatic carbocycles. The van der Waals surface area contributed by atoms with Crippen LogP contribution in [0.5, 0.6) is 11.9 Å². The van der Waals surface area contributed by atoms with Gasteiger partial charge in [0, 0.05) is 24.7 Å². The van der Waals surface area contributed by atoms with E-state index in [1.807, 2.05) is 13.8 Å². The molecule has 1 atom stereocenters. The molecule has 43 heavy (non-hydrogen) atoms. The number of fused-ring (bicyclic) bond motifs is 1. The van der Waals surface area contributed by atoms with Gasteiger partial charge in [0.25, 0.3) is 0 Å². The highest BCUT2D eigenvalue weighted by Crippen LogP contribution is 2.49. The van der Waals surface area contributed by atoms with E-state index in [4.69, 9.17) is 19.9 Å². The van der Waals surface area contributed by atoms with Crippen molar-refractivity contribution >= 4 is 28.6 Å². The molecule has 14 heteroatoms. The normalized spacial score (nSPS) is 22.9. The van der Waals surface area contributed by atoms with Crippen LogP contribution in [0.3, 0.4) is 0 Å². The average Bonchev–Trinajstić information content (AvgIpc) is 3.54. The van der Waals surface area contributed by atoms with E-state index in [-0.39, 0.29) is 35.2 Å². The summed E-state index contributed by atoms with van der Waals surface area (Å²) in [4.78, 5) is 17.2. The third-order valence-electron chi connectivity index (χ3n) is 7.62. The largest absolute Gasteiger partial charge is 0.474 e. The summed E-state index contributed by atoms with van der Waals surface area (Å²) in [6.07, 6.45) is -1.92. The lowest BCUT2D eigenvalue weighted by molar-refractivity contribution is -0.137. The lowest BCUT2D eigenvalue weighted by Gasteiger charge is -2.34. The van der Waals surface area contributed by atoms with Gasteiger partial charge < -0.3 is 25.3 Å². The predicted molar refractivity (Wildman–Crippen MR) is 152 cm³/mol. The highest BCUT2D eigenvalue weighted by Gasteiger charge is 2.52. The summed E-state index contributed by atoms with van der Waals surface area (Å²) in [6.45, 7) is 8.08. The molecule has 0 amide bonds. The molecule has 4 aliphatic rings. The summed E-state index contributed by atoms with van der Waals surface area (Å²) in [5, 5.41) is 3.08. The first-order valence-corrected chi connectivity index (χ1v) is 14.2. The molecule has 3 N–H and O–H groups in total. The topological polar surface area (TPSA) is 117 Å². The van der Waals surface area contributed by atoms with E-state index < -0.39 is 57.6 Å². The van der Waals surface area contributed by atoms with Gasteiger partial charge in [0.1, 0.15) is 46.5 Å². The summed E-state index contributed by atoms with van der Waals surface area (Å²) < 4.78 is 91.2. The van der Waals surface area contributed by atoms with Crippen LogP contribution in [-0.2, 0) is 10.9 Å². The Hall–Kier alpha value is -3.81. The monoisotopic (exact) mass is 608 g/mol. The van der Waals surface area contributed by atoms with E-state index in [1.54, 1.807) is 13.1 Å². The molecule has 2 bridgehead atoms. The zero-order valence-electron chi connectivity index (χ0n) is 24.2. The zero-order valence-corrected chi connectivity index (χ0v) is 24.2. The Balaban J connectivity index is 0.00000180. The minimum Gasteiger partial charge on any atom is -0.474 e. The second-order valence-corrected chi connectivity index (χ2v) is 10.7. The van der Waals surface area contributed by atoms with Gasteiger partial charge in [-0.2, -0.15) is 23.1 Å². The Morgan fingerprint density at radius 2 is 1.88 bits per heavy atom. The molecular formula is C29H33F5N6O3. The number of aromatic nitrogens is 3. The fourth-order valence-electron chi connectivity index (χ4n) is 5.62. The van der Waals surface area contributed by atoms with Crippen molar-refractivity contribution in [2.24, 2.45) is 10.9 Å². The lowest BCUT2D eigenvalue weighted by Crippen LogP contribution is -2.42. The van der Waals surface area contributed by atoms with E-state index in [1.165, 1.54) is 0 Å². The number of pyridine rings is 1. The number of nitrogens with zero attached hydrogens (tertiary/aromatic N) is 4. The Morgan fingerprint density at radius 1 is 1.14 bits per heavy atom. The smallest absolute Gasteiger partial charge is 0.417 e. The molecule has 1 aromatic carbocycles. The first-order valence-electron chi connectivity index (χ1n) is 14.2. The van der Waals surface area contributed by atoms with Crippen molar-refractivity contribution in [3.05, 3.63) is 28.8 Å². The Labute approximate surface area is 245 Å². The van der Waals surface area contributed by atoms with Crippen LogP contribution in [0.2, 0.25) is 0 Å². The third kappa shape index (κ3) is 5.76. The first kappa shape index (κ1) is 30.6. The van der Waals surface area contributed by atoms with E-state index in [2.05, 4.69) is 25.3 Å². The number of nitrogen functional groups attached to an aromatic ring is 1. The molecule has 2 aromatic heterocycles. The number of ether oxygens (including phenoxy) is 3. The fraction of sp³-hybridized carbons (Fsp3) is 0.517. The van der Waals surface area contributed by atoms with Gasteiger partial charge in [-0.1, -0.05) is 13.8 Å². The van der Waals surface area contributed by atoms with Crippen molar-refractivity contribution in [1.82, 2.24) is 15.0 Å². The van der Waals surface area contributed by atoms with Gasteiger partial charge in [-0.25, -0.2) is 13.8 Å². The number of hydrogen-bond acceptors (Lipinski definition) is 9. The van der Waals surface area contributed by atoms with Crippen LogP contribution in [0.1, 0.15) is 51.2 Å². The van der Waals surface area contributed by atoms with Crippen molar-refractivity contribution in [2.45, 2.75) is 64.8 Å². The number of hydrogen-bond donors (Lipinski definition) is 2. The van der Waals surface area contributed by atoms with Crippen LogP contribution in [0.15, 0.2) is 11.1 Å². The molecule has 3 aromatic rings. The molecule has 3 fully saturated rings. The second-order valence-electron chi connectivity index (χ2n) is 10.7. The van der Waals surface area contributed by atoms with Gasteiger partial charge in [-0.05, 0) is 44.2 Å². The van der Waals surface area contributed by atoms with E-state index in [9.17, 15) is 17.6 Å². The lowest BCUT2D eigenvalue weighted by atomic mass is 9.75. The number of rotatable bonds is 4. The maximum absolute atomic E-state index is 16.4. The van der Waals surface area contributed by atoms with Crippen LogP contribution in [0.4, 0.5) is 33.5 Å². The van der Waals surface area contributed by atoms with E-state index in [0.29, 0.717) is 32.0 Å². The Bertz CT molecular complexity index is 1550. The van der Waals surface area contributed by atoms with Gasteiger partial charge >= 0.3 is 12.2 Å². The average molecular weight is 609 g/mol. The minimum absolute atomic E-state index is 0.0201. The maximum atomic E-state index is 16.4. The van der Waals surface area contributed by atoms with Gasteiger partial charge in [-0.15, -0.1) is 0 Å². The Kier molecular flexibility index (Phi) is 8.34. The molecule has 7 rings (SSSR count). The number of benzene rings is 1.